The molecule has 1 aliphatic heterocycles. The van der Waals surface area contributed by atoms with E-state index in [-0.39, 0.29) is 31.9 Å². The number of nitrogens with zero attached hydrogens (tertiary/aromatic N) is 4. The van der Waals surface area contributed by atoms with Crippen LogP contribution in [0.5, 0.6) is 11.6 Å². The predicted octanol–water partition coefficient (Wildman–Crippen LogP) is 4.36. The number of aromatic nitrogens is 4. The number of anilines is 2. The number of alkyl halides is 1. The molecule has 0 radical (unpaired) electrons. The maximum absolute atomic E-state index is 13.6. The van der Waals surface area contributed by atoms with Crippen LogP contribution in [-0.2, 0) is 22.6 Å². The molecule has 1 aliphatic carbocycles. The van der Waals surface area contributed by atoms with E-state index in [9.17, 15) is 9.59 Å². The lowest BCUT2D eigenvalue weighted by Gasteiger charge is -2.23. The Hall–Kier alpha value is -3.67. The summed E-state index contributed by atoms with van der Waals surface area (Å²) in [5.41, 5.74) is 0.331. The minimum atomic E-state index is -0.667. The number of benzene rings is 1. The van der Waals surface area contributed by atoms with Gasteiger partial charge in [0.15, 0.2) is 6.29 Å². The van der Waals surface area contributed by atoms with Gasteiger partial charge in [0.2, 0.25) is 5.95 Å². The van der Waals surface area contributed by atoms with E-state index >= 15 is 0 Å². The van der Waals surface area contributed by atoms with Gasteiger partial charge < -0.3 is 24.1 Å². The van der Waals surface area contributed by atoms with Crippen molar-refractivity contribution in [3.63, 3.8) is 0 Å². The van der Waals surface area contributed by atoms with Crippen LogP contribution in [0.15, 0.2) is 74.5 Å². The molecule has 39 heavy (non-hydrogen) atoms. The van der Waals surface area contributed by atoms with E-state index in [0.717, 1.165) is 29.4 Å². The summed E-state index contributed by atoms with van der Waals surface area (Å²) >= 11 is 6.42. The third kappa shape index (κ3) is 7.05. The number of allylic oxidation sites excluding steroid dienone is 4. The SMILES string of the molecule is CC1(Cl)C=CC(Cn2c(Nc3ccc(Oc4ccon4)cc3)nc(=O)n(CCOC3CCCCO3)c2=O)=CC1. The topological polar surface area (TPSA) is 123 Å². The second-order valence-electron chi connectivity index (χ2n) is 9.59. The van der Waals surface area contributed by atoms with E-state index in [1.165, 1.54) is 10.8 Å². The van der Waals surface area contributed by atoms with Crippen molar-refractivity contribution in [2.45, 2.75) is 56.9 Å². The summed E-state index contributed by atoms with van der Waals surface area (Å²) in [6.45, 7) is 3.00. The standard InChI is InChI=1S/C27H30ClN5O6/c1-27(28)12-9-19(10-13-27)18-33-24(29-20-5-7-21(8-6-20)39-22-11-16-38-31-22)30-25(34)32(26(33)35)14-17-37-23-4-2-3-15-36-23/h5-12,16,23H,2-4,13-15,17-18H2,1H3,(H,29,30,34). The summed E-state index contributed by atoms with van der Waals surface area (Å²) in [6.07, 6.45) is 10.3. The molecule has 1 N–H and O–H groups in total. The number of hydrogen-bond donors (Lipinski definition) is 1. The van der Waals surface area contributed by atoms with Gasteiger partial charge in [-0.25, -0.2) is 14.2 Å². The Morgan fingerprint density at radius 2 is 2.03 bits per heavy atom. The first-order valence-electron chi connectivity index (χ1n) is 12.8. The van der Waals surface area contributed by atoms with Gasteiger partial charge in [0.05, 0.1) is 24.6 Å². The van der Waals surface area contributed by atoms with Crippen LogP contribution in [0.3, 0.4) is 0 Å². The van der Waals surface area contributed by atoms with Gasteiger partial charge in [0, 0.05) is 18.4 Å². The van der Waals surface area contributed by atoms with E-state index in [2.05, 4.69) is 15.5 Å². The second-order valence-corrected chi connectivity index (χ2v) is 10.5. The average Bonchev–Trinajstić information content (AvgIpc) is 3.44. The van der Waals surface area contributed by atoms with E-state index in [0.29, 0.717) is 30.3 Å². The zero-order valence-corrected chi connectivity index (χ0v) is 22.3. The quantitative estimate of drug-likeness (QED) is 0.363. The highest BCUT2D eigenvalue weighted by molar-refractivity contribution is 6.25. The number of ether oxygens (including phenoxy) is 3. The van der Waals surface area contributed by atoms with Crippen LogP contribution in [0.2, 0.25) is 0 Å². The largest absolute Gasteiger partial charge is 0.436 e. The highest BCUT2D eigenvalue weighted by Crippen LogP contribution is 2.28. The summed E-state index contributed by atoms with van der Waals surface area (Å²) in [5, 5.41) is 6.82. The fourth-order valence-corrected chi connectivity index (χ4v) is 4.37. The Morgan fingerprint density at radius 1 is 1.18 bits per heavy atom. The van der Waals surface area contributed by atoms with Gasteiger partial charge in [-0.05, 0) is 67.6 Å². The van der Waals surface area contributed by atoms with Gasteiger partial charge in [0.25, 0.3) is 5.88 Å². The number of hydrogen-bond acceptors (Lipinski definition) is 9. The van der Waals surface area contributed by atoms with Gasteiger partial charge in [-0.1, -0.05) is 18.2 Å². The molecule has 5 rings (SSSR count). The molecule has 1 saturated heterocycles. The molecule has 0 spiro atoms. The highest BCUT2D eigenvalue weighted by Gasteiger charge is 2.21. The molecule has 1 aromatic carbocycles. The van der Waals surface area contributed by atoms with Crippen molar-refractivity contribution in [3.05, 3.63) is 81.4 Å². The van der Waals surface area contributed by atoms with E-state index in [1.807, 2.05) is 25.2 Å². The fourth-order valence-electron chi connectivity index (χ4n) is 4.23. The Morgan fingerprint density at radius 3 is 2.72 bits per heavy atom. The lowest BCUT2D eigenvalue weighted by molar-refractivity contribution is -0.163. The molecule has 12 heteroatoms. The maximum atomic E-state index is 13.6. The molecule has 0 saturated carbocycles. The normalized spacial score (nSPS) is 21.0. The average molecular weight is 556 g/mol. The first kappa shape index (κ1) is 26.9. The van der Waals surface area contributed by atoms with Gasteiger partial charge >= 0.3 is 11.4 Å². The van der Waals surface area contributed by atoms with Crippen molar-refractivity contribution in [2.24, 2.45) is 0 Å². The van der Waals surface area contributed by atoms with E-state index < -0.39 is 16.3 Å². The van der Waals surface area contributed by atoms with Crippen molar-refractivity contribution in [2.75, 3.05) is 18.5 Å². The molecule has 206 valence electrons. The van der Waals surface area contributed by atoms with Crippen LogP contribution < -0.4 is 21.4 Å². The first-order valence-corrected chi connectivity index (χ1v) is 13.2. The van der Waals surface area contributed by atoms with Crippen molar-refractivity contribution in [3.8, 4) is 11.6 Å². The third-order valence-electron chi connectivity index (χ3n) is 6.40. The molecule has 2 aromatic heterocycles. The first-order chi connectivity index (χ1) is 18.9. The van der Waals surface area contributed by atoms with Crippen LogP contribution in [0.4, 0.5) is 11.6 Å². The molecule has 2 unspecified atom stereocenters. The summed E-state index contributed by atoms with van der Waals surface area (Å²) in [4.78, 5) is 30.2. The summed E-state index contributed by atoms with van der Waals surface area (Å²) < 4.78 is 24.2. The Kier molecular flexibility index (Phi) is 8.30. The van der Waals surface area contributed by atoms with Crippen molar-refractivity contribution >= 4 is 23.2 Å². The maximum Gasteiger partial charge on any atom is 0.355 e. The molecule has 2 aliphatic rings. The molecule has 0 bridgehead atoms. The van der Waals surface area contributed by atoms with Crippen LogP contribution in [-0.4, -0.2) is 43.7 Å². The number of nitrogens with one attached hydrogen (secondary N) is 1. The Labute approximate surface area is 229 Å². The van der Waals surface area contributed by atoms with Crippen molar-refractivity contribution in [1.82, 2.24) is 19.3 Å². The minimum absolute atomic E-state index is 0.0630. The van der Waals surface area contributed by atoms with Crippen LogP contribution in [0.1, 0.15) is 32.6 Å². The lowest BCUT2D eigenvalue weighted by Crippen LogP contribution is -2.44. The monoisotopic (exact) mass is 555 g/mol. The summed E-state index contributed by atoms with van der Waals surface area (Å²) in [7, 11) is 0. The van der Waals surface area contributed by atoms with E-state index in [4.69, 9.17) is 30.3 Å². The predicted molar refractivity (Wildman–Crippen MR) is 145 cm³/mol. The lowest BCUT2D eigenvalue weighted by atomic mass is 9.97. The van der Waals surface area contributed by atoms with Crippen molar-refractivity contribution < 1.29 is 18.7 Å². The third-order valence-corrected chi connectivity index (χ3v) is 6.68. The molecular formula is C27H30ClN5O6. The van der Waals surface area contributed by atoms with Crippen LogP contribution in [0.25, 0.3) is 0 Å². The fraction of sp³-hybridized carbons (Fsp3) is 0.407. The molecule has 11 nitrogen and oxygen atoms in total. The molecule has 3 heterocycles. The van der Waals surface area contributed by atoms with Crippen LogP contribution in [0, 0.1) is 0 Å². The van der Waals surface area contributed by atoms with Gasteiger partial charge in [-0.2, -0.15) is 4.98 Å². The Bertz CT molecular complexity index is 1440. The smallest absolute Gasteiger partial charge is 0.355 e. The molecule has 1 fully saturated rings. The van der Waals surface area contributed by atoms with Gasteiger partial charge in [-0.15, -0.1) is 11.6 Å². The van der Waals surface area contributed by atoms with Crippen molar-refractivity contribution in [1.29, 1.82) is 0 Å². The van der Waals surface area contributed by atoms with E-state index in [1.54, 1.807) is 30.3 Å². The minimum Gasteiger partial charge on any atom is -0.436 e. The molecule has 2 atom stereocenters. The molecule has 3 aromatic rings. The summed E-state index contributed by atoms with van der Waals surface area (Å²) in [6, 6.07) is 8.53. The van der Waals surface area contributed by atoms with Gasteiger partial charge in [0.1, 0.15) is 12.0 Å². The number of halogens is 1. The highest BCUT2D eigenvalue weighted by atomic mass is 35.5. The van der Waals surface area contributed by atoms with Crippen LogP contribution >= 0.6 is 11.6 Å². The summed E-state index contributed by atoms with van der Waals surface area (Å²) in [5.74, 6) is 0.992. The zero-order valence-electron chi connectivity index (χ0n) is 21.5. The zero-order chi connectivity index (χ0) is 27.2. The Balaban J connectivity index is 1.37. The second kappa shape index (κ2) is 12.0. The molecular weight excluding hydrogens is 526 g/mol. The number of rotatable bonds is 10. The molecule has 0 amide bonds. The van der Waals surface area contributed by atoms with Gasteiger partial charge in [-0.3, -0.25) is 4.57 Å².